The highest BCUT2D eigenvalue weighted by molar-refractivity contribution is 14.1. The minimum atomic E-state index is -0.178. The van der Waals surface area contributed by atoms with Crippen LogP contribution in [0.25, 0.3) is 0 Å². The number of unbranched alkanes of at least 4 members (excludes halogenated alkanes) is 1. The number of esters is 1. The van der Waals surface area contributed by atoms with Gasteiger partial charge in [-0.05, 0) is 41.7 Å². The monoisotopic (exact) mass is 346 g/mol. The van der Waals surface area contributed by atoms with E-state index >= 15 is 0 Å². The second kappa shape index (κ2) is 7.69. The fourth-order valence-corrected chi connectivity index (χ4v) is 2.25. The number of carbonyl (C=O) groups is 1. The molecule has 0 fully saturated rings. The molecular formula is C14H19IO2. The number of ether oxygens (including phenoxy) is 1. The van der Waals surface area contributed by atoms with Gasteiger partial charge < -0.3 is 4.74 Å². The number of rotatable bonds is 6. The summed E-state index contributed by atoms with van der Waals surface area (Å²) in [6.45, 7) is 1.87. The van der Waals surface area contributed by atoms with E-state index in [1.54, 1.807) is 0 Å². The molecule has 1 atom stereocenters. The number of hydrogen-bond acceptors (Lipinski definition) is 2. The molecule has 1 rings (SSSR count). The lowest BCUT2D eigenvalue weighted by Crippen LogP contribution is -2.10. The average molecular weight is 346 g/mol. The summed E-state index contributed by atoms with van der Waals surface area (Å²) in [5.74, 6) is -0.356. The fourth-order valence-electron chi connectivity index (χ4n) is 1.71. The Morgan fingerprint density at radius 1 is 1.29 bits per heavy atom. The number of carbonyl (C=O) groups excluding carboxylic acids is 1. The third-order valence-electron chi connectivity index (χ3n) is 2.88. The summed E-state index contributed by atoms with van der Waals surface area (Å²) in [6, 6.07) is 8.28. The van der Waals surface area contributed by atoms with Crippen molar-refractivity contribution in [3.8, 4) is 0 Å². The zero-order valence-corrected chi connectivity index (χ0v) is 12.6. The summed E-state index contributed by atoms with van der Waals surface area (Å²) in [7, 11) is 1.43. The maximum atomic E-state index is 11.4. The van der Waals surface area contributed by atoms with Crippen molar-refractivity contribution in [1.29, 1.82) is 0 Å². The van der Waals surface area contributed by atoms with Gasteiger partial charge in [-0.1, -0.05) is 46.9 Å². The molecule has 94 valence electrons. The third kappa shape index (κ3) is 4.66. The highest BCUT2D eigenvalue weighted by atomic mass is 127. The zero-order chi connectivity index (χ0) is 12.7. The van der Waals surface area contributed by atoms with Crippen LogP contribution in [0, 0.1) is 0 Å². The van der Waals surface area contributed by atoms with Gasteiger partial charge in [0.2, 0.25) is 0 Å². The van der Waals surface area contributed by atoms with Crippen molar-refractivity contribution >= 4 is 28.6 Å². The van der Waals surface area contributed by atoms with Gasteiger partial charge in [-0.3, -0.25) is 4.79 Å². The smallest absolute Gasteiger partial charge is 0.312 e. The molecule has 0 saturated carbocycles. The van der Waals surface area contributed by atoms with Gasteiger partial charge in [0.25, 0.3) is 0 Å². The normalized spacial score (nSPS) is 12.2. The van der Waals surface area contributed by atoms with Crippen LogP contribution in [0.3, 0.4) is 0 Å². The maximum Gasteiger partial charge on any atom is 0.312 e. The molecule has 0 radical (unpaired) electrons. The van der Waals surface area contributed by atoms with Gasteiger partial charge in [0, 0.05) is 0 Å². The molecule has 1 unspecified atom stereocenters. The molecular weight excluding hydrogens is 327 g/mol. The SMILES string of the molecule is COC(=O)C(C)c1ccc(CCCCI)cc1. The molecule has 0 aliphatic heterocycles. The first-order chi connectivity index (χ1) is 8.19. The Kier molecular flexibility index (Phi) is 6.55. The van der Waals surface area contributed by atoms with Crippen molar-refractivity contribution in [2.75, 3.05) is 11.5 Å². The third-order valence-corrected chi connectivity index (χ3v) is 3.65. The van der Waals surface area contributed by atoms with Crippen LogP contribution in [0.4, 0.5) is 0 Å². The zero-order valence-electron chi connectivity index (χ0n) is 10.4. The van der Waals surface area contributed by atoms with E-state index in [-0.39, 0.29) is 11.9 Å². The van der Waals surface area contributed by atoms with Gasteiger partial charge in [0.05, 0.1) is 13.0 Å². The molecule has 0 saturated heterocycles. The van der Waals surface area contributed by atoms with Crippen LogP contribution in [0.15, 0.2) is 24.3 Å². The molecule has 2 nitrogen and oxygen atoms in total. The predicted octanol–water partition coefficient (Wildman–Crippen LogP) is 3.72. The summed E-state index contributed by atoms with van der Waals surface area (Å²) in [4.78, 5) is 11.4. The Morgan fingerprint density at radius 3 is 2.47 bits per heavy atom. The van der Waals surface area contributed by atoms with Crippen molar-refractivity contribution < 1.29 is 9.53 Å². The molecule has 0 amide bonds. The highest BCUT2D eigenvalue weighted by Gasteiger charge is 2.14. The van der Waals surface area contributed by atoms with E-state index < -0.39 is 0 Å². The Labute approximate surface area is 117 Å². The quantitative estimate of drug-likeness (QED) is 0.340. The van der Waals surface area contributed by atoms with Gasteiger partial charge in [-0.15, -0.1) is 0 Å². The van der Waals surface area contributed by atoms with Gasteiger partial charge in [-0.25, -0.2) is 0 Å². The van der Waals surface area contributed by atoms with Crippen LogP contribution in [0.2, 0.25) is 0 Å². The van der Waals surface area contributed by atoms with E-state index in [1.807, 2.05) is 19.1 Å². The van der Waals surface area contributed by atoms with Crippen molar-refractivity contribution in [1.82, 2.24) is 0 Å². The van der Waals surface area contributed by atoms with Gasteiger partial charge in [0.1, 0.15) is 0 Å². The number of hydrogen-bond donors (Lipinski definition) is 0. The van der Waals surface area contributed by atoms with Crippen molar-refractivity contribution in [2.45, 2.75) is 32.1 Å². The van der Waals surface area contributed by atoms with E-state index in [1.165, 1.54) is 29.9 Å². The standard InChI is InChI=1S/C14H19IO2/c1-11(14(16)17-2)13-8-6-12(7-9-13)5-3-4-10-15/h6-9,11H,3-5,10H2,1-2H3. The number of alkyl halides is 1. The lowest BCUT2D eigenvalue weighted by molar-refractivity contribution is -0.141. The fraction of sp³-hybridized carbons (Fsp3) is 0.500. The van der Waals surface area contributed by atoms with Gasteiger partial charge in [-0.2, -0.15) is 0 Å². The van der Waals surface area contributed by atoms with E-state index in [0.717, 1.165) is 12.0 Å². The second-order valence-corrected chi connectivity index (χ2v) is 5.21. The Morgan fingerprint density at radius 2 is 1.94 bits per heavy atom. The summed E-state index contributed by atoms with van der Waals surface area (Å²) in [5, 5.41) is 0. The Bertz CT molecular complexity index is 346. The number of aryl methyl sites for hydroxylation is 1. The van der Waals surface area contributed by atoms with E-state index in [4.69, 9.17) is 4.74 Å². The topological polar surface area (TPSA) is 26.3 Å². The number of halogens is 1. The van der Waals surface area contributed by atoms with Crippen LogP contribution < -0.4 is 0 Å². The Hall–Kier alpha value is -0.580. The summed E-state index contributed by atoms with van der Waals surface area (Å²) in [5.41, 5.74) is 2.37. The maximum absolute atomic E-state index is 11.4. The van der Waals surface area contributed by atoms with E-state index in [2.05, 4.69) is 34.7 Å². The minimum absolute atomic E-state index is 0.177. The van der Waals surface area contributed by atoms with Gasteiger partial charge in [0.15, 0.2) is 0 Å². The van der Waals surface area contributed by atoms with E-state index in [9.17, 15) is 4.79 Å². The molecule has 0 bridgehead atoms. The van der Waals surface area contributed by atoms with Crippen LogP contribution in [0.1, 0.15) is 36.8 Å². The first-order valence-electron chi connectivity index (χ1n) is 5.91. The summed E-state index contributed by atoms with van der Waals surface area (Å²) in [6.07, 6.45) is 3.62. The molecule has 0 N–H and O–H groups in total. The minimum Gasteiger partial charge on any atom is -0.469 e. The van der Waals surface area contributed by atoms with Crippen LogP contribution in [0.5, 0.6) is 0 Å². The first-order valence-corrected chi connectivity index (χ1v) is 7.44. The van der Waals surface area contributed by atoms with Crippen molar-refractivity contribution in [3.05, 3.63) is 35.4 Å². The van der Waals surface area contributed by atoms with Crippen molar-refractivity contribution in [3.63, 3.8) is 0 Å². The molecule has 17 heavy (non-hydrogen) atoms. The first kappa shape index (κ1) is 14.5. The molecule has 0 spiro atoms. The Balaban J connectivity index is 2.58. The molecule has 0 aliphatic carbocycles. The molecule has 0 aliphatic rings. The van der Waals surface area contributed by atoms with Crippen molar-refractivity contribution in [2.24, 2.45) is 0 Å². The van der Waals surface area contributed by atoms with Crippen LogP contribution >= 0.6 is 22.6 Å². The number of methoxy groups -OCH3 is 1. The molecule has 3 heteroatoms. The van der Waals surface area contributed by atoms with Crippen LogP contribution in [-0.4, -0.2) is 17.5 Å². The van der Waals surface area contributed by atoms with E-state index in [0.29, 0.717) is 0 Å². The molecule has 1 aromatic rings. The summed E-state index contributed by atoms with van der Waals surface area (Å²) < 4.78 is 5.95. The molecule has 0 aromatic heterocycles. The second-order valence-electron chi connectivity index (χ2n) is 4.13. The molecule has 0 heterocycles. The van der Waals surface area contributed by atoms with Gasteiger partial charge >= 0.3 is 5.97 Å². The average Bonchev–Trinajstić information content (AvgIpc) is 2.38. The largest absolute Gasteiger partial charge is 0.469 e. The molecule has 1 aromatic carbocycles. The number of benzene rings is 1. The predicted molar refractivity (Wildman–Crippen MR) is 78.7 cm³/mol. The lowest BCUT2D eigenvalue weighted by Gasteiger charge is -2.10. The lowest BCUT2D eigenvalue weighted by atomic mass is 9.98. The van der Waals surface area contributed by atoms with Crippen LogP contribution in [-0.2, 0) is 16.0 Å². The highest BCUT2D eigenvalue weighted by Crippen LogP contribution is 2.18. The summed E-state index contributed by atoms with van der Waals surface area (Å²) >= 11 is 2.40.